The first-order valence-electron chi connectivity index (χ1n) is 5.62. The van der Waals surface area contributed by atoms with Crippen LogP contribution in [0, 0.1) is 0 Å². The Kier molecular flexibility index (Phi) is 3.68. The molecule has 4 nitrogen and oxygen atoms in total. The van der Waals surface area contributed by atoms with Crippen LogP contribution in [0.3, 0.4) is 0 Å². The van der Waals surface area contributed by atoms with Crippen molar-refractivity contribution in [2.24, 2.45) is 7.05 Å². The van der Waals surface area contributed by atoms with E-state index in [2.05, 4.69) is 29.5 Å². The maximum atomic E-state index is 5.16. The molecule has 2 rings (SSSR count). The van der Waals surface area contributed by atoms with E-state index in [-0.39, 0.29) is 0 Å². The first kappa shape index (κ1) is 12.0. The van der Waals surface area contributed by atoms with E-state index < -0.39 is 0 Å². The van der Waals surface area contributed by atoms with Gasteiger partial charge in [-0.25, -0.2) is 4.68 Å². The van der Waals surface area contributed by atoms with Gasteiger partial charge >= 0.3 is 0 Å². The van der Waals surface area contributed by atoms with Gasteiger partial charge in [0.05, 0.1) is 13.7 Å². The van der Waals surface area contributed by atoms with Crippen molar-refractivity contribution in [1.29, 1.82) is 0 Å². The molecule has 0 aliphatic heterocycles. The van der Waals surface area contributed by atoms with E-state index in [0.29, 0.717) is 0 Å². The lowest BCUT2D eigenvalue weighted by molar-refractivity contribution is 0.373. The zero-order valence-corrected chi connectivity index (χ0v) is 11.2. The number of hydrogen-bond donors (Lipinski definition) is 1. The molecular weight excluding hydrogens is 234 g/mol. The highest BCUT2D eigenvalue weighted by Gasteiger charge is 2.05. The van der Waals surface area contributed by atoms with Gasteiger partial charge in [-0.2, -0.15) is 5.10 Å². The van der Waals surface area contributed by atoms with Crippen LogP contribution < -0.4 is 10.1 Å². The van der Waals surface area contributed by atoms with Crippen LogP contribution in [-0.4, -0.2) is 16.9 Å². The van der Waals surface area contributed by atoms with Gasteiger partial charge in [-0.3, -0.25) is 0 Å². The average Bonchev–Trinajstić information content (AvgIpc) is 2.92. The molecule has 0 spiro atoms. The summed E-state index contributed by atoms with van der Waals surface area (Å²) in [7, 11) is 3.51. The lowest BCUT2D eigenvalue weighted by Crippen LogP contribution is -1.99. The van der Waals surface area contributed by atoms with E-state index in [1.54, 1.807) is 11.8 Å². The van der Waals surface area contributed by atoms with E-state index in [0.717, 1.165) is 24.7 Å². The van der Waals surface area contributed by atoms with Crippen LogP contribution in [0.15, 0.2) is 18.2 Å². The molecule has 92 valence electrons. The minimum atomic E-state index is 0.757. The summed E-state index contributed by atoms with van der Waals surface area (Å²) >= 11 is 1.84. The zero-order chi connectivity index (χ0) is 12.3. The lowest BCUT2D eigenvalue weighted by Gasteiger charge is -1.98. The fourth-order valence-corrected chi connectivity index (χ4v) is 2.51. The molecule has 0 amide bonds. The van der Waals surface area contributed by atoms with Gasteiger partial charge in [0.25, 0.3) is 0 Å². The van der Waals surface area contributed by atoms with Crippen LogP contribution in [0.1, 0.15) is 16.7 Å². The molecule has 0 radical (unpaired) electrons. The SMILES string of the molecule is CCc1ccc(CNc2cc(OC)n(C)n2)s1. The normalized spacial score (nSPS) is 10.5. The van der Waals surface area contributed by atoms with Crippen molar-refractivity contribution in [3.05, 3.63) is 28.0 Å². The molecule has 5 heteroatoms. The molecule has 0 atom stereocenters. The summed E-state index contributed by atoms with van der Waals surface area (Å²) in [5, 5.41) is 7.60. The van der Waals surface area contributed by atoms with Gasteiger partial charge < -0.3 is 10.1 Å². The minimum Gasteiger partial charge on any atom is -0.481 e. The maximum Gasteiger partial charge on any atom is 0.213 e. The molecule has 2 aromatic rings. The molecule has 2 aromatic heterocycles. The molecule has 17 heavy (non-hydrogen) atoms. The number of ether oxygens (including phenoxy) is 1. The predicted molar refractivity (Wildman–Crippen MR) is 70.8 cm³/mol. The predicted octanol–water partition coefficient (Wildman–Crippen LogP) is 2.66. The number of thiophene rings is 1. The van der Waals surface area contributed by atoms with Gasteiger partial charge in [0.1, 0.15) is 0 Å². The number of rotatable bonds is 5. The quantitative estimate of drug-likeness (QED) is 0.888. The Labute approximate surface area is 105 Å². The van der Waals surface area contributed by atoms with Crippen LogP contribution in [-0.2, 0) is 20.0 Å². The highest BCUT2D eigenvalue weighted by molar-refractivity contribution is 7.12. The summed E-state index contributed by atoms with van der Waals surface area (Å²) in [5.74, 6) is 1.60. The largest absolute Gasteiger partial charge is 0.481 e. The summed E-state index contributed by atoms with van der Waals surface area (Å²) in [6.07, 6.45) is 1.10. The second-order valence-electron chi connectivity index (χ2n) is 3.77. The standard InChI is InChI=1S/C12H17N3OS/c1-4-9-5-6-10(17-9)8-13-11-7-12(16-3)15(2)14-11/h5-7H,4,8H2,1-3H3,(H,13,14). The van der Waals surface area contributed by atoms with Crippen molar-refractivity contribution in [2.45, 2.75) is 19.9 Å². The van der Waals surface area contributed by atoms with Crippen molar-refractivity contribution >= 4 is 17.2 Å². The molecule has 0 aliphatic rings. The highest BCUT2D eigenvalue weighted by Crippen LogP contribution is 2.20. The smallest absolute Gasteiger partial charge is 0.213 e. The first-order chi connectivity index (χ1) is 8.22. The summed E-state index contributed by atoms with van der Waals surface area (Å²) in [6.45, 7) is 2.98. The second-order valence-corrected chi connectivity index (χ2v) is 5.02. The molecule has 1 N–H and O–H groups in total. The summed E-state index contributed by atoms with van der Waals surface area (Å²) in [4.78, 5) is 2.74. The topological polar surface area (TPSA) is 39.1 Å². The van der Waals surface area contributed by atoms with Crippen molar-refractivity contribution in [3.63, 3.8) is 0 Å². The second kappa shape index (κ2) is 5.23. The third kappa shape index (κ3) is 2.79. The van der Waals surface area contributed by atoms with E-state index in [1.807, 2.05) is 24.5 Å². The van der Waals surface area contributed by atoms with Crippen molar-refractivity contribution in [3.8, 4) is 5.88 Å². The molecule has 0 unspecified atom stereocenters. The van der Waals surface area contributed by atoms with Crippen molar-refractivity contribution < 1.29 is 4.74 Å². The van der Waals surface area contributed by atoms with E-state index >= 15 is 0 Å². The summed E-state index contributed by atoms with van der Waals surface area (Å²) in [5.41, 5.74) is 0. The number of anilines is 1. The minimum absolute atomic E-state index is 0.757. The monoisotopic (exact) mass is 251 g/mol. The third-order valence-electron chi connectivity index (χ3n) is 2.56. The van der Waals surface area contributed by atoms with Crippen molar-refractivity contribution in [2.75, 3.05) is 12.4 Å². The Morgan fingerprint density at radius 2 is 2.18 bits per heavy atom. The van der Waals surface area contributed by atoms with E-state index in [1.165, 1.54) is 9.75 Å². The Morgan fingerprint density at radius 3 is 2.76 bits per heavy atom. The van der Waals surface area contributed by atoms with Gasteiger partial charge in [-0.15, -0.1) is 11.3 Å². The van der Waals surface area contributed by atoms with Crippen LogP contribution >= 0.6 is 11.3 Å². The molecule has 0 saturated carbocycles. The fraction of sp³-hybridized carbons (Fsp3) is 0.417. The van der Waals surface area contributed by atoms with Gasteiger partial charge in [-0.05, 0) is 18.6 Å². The maximum absolute atomic E-state index is 5.16. The summed E-state index contributed by atoms with van der Waals surface area (Å²) in [6, 6.07) is 6.24. The van der Waals surface area contributed by atoms with Gasteiger partial charge in [0.15, 0.2) is 5.82 Å². The van der Waals surface area contributed by atoms with Gasteiger partial charge in [0.2, 0.25) is 5.88 Å². The zero-order valence-electron chi connectivity index (χ0n) is 10.4. The Bertz CT molecular complexity index is 490. The molecule has 0 saturated heterocycles. The molecular formula is C12H17N3OS. The first-order valence-corrected chi connectivity index (χ1v) is 6.44. The number of methoxy groups -OCH3 is 1. The highest BCUT2D eigenvalue weighted by atomic mass is 32.1. The average molecular weight is 251 g/mol. The van der Waals surface area contributed by atoms with Crippen LogP contribution in [0.2, 0.25) is 0 Å². The Balaban J connectivity index is 1.97. The Hall–Kier alpha value is -1.49. The Morgan fingerprint density at radius 1 is 1.41 bits per heavy atom. The molecule has 0 fully saturated rings. The van der Waals surface area contributed by atoms with Crippen LogP contribution in [0.25, 0.3) is 0 Å². The van der Waals surface area contributed by atoms with E-state index in [4.69, 9.17) is 4.74 Å². The van der Waals surface area contributed by atoms with E-state index in [9.17, 15) is 0 Å². The number of hydrogen-bond acceptors (Lipinski definition) is 4. The number of nitrogens with zero attached hydrogens (tertiary/aromatic N) is 2. The number of aryl methyl sites for hydroxylation is 2. The third-order valence-corrected chi connectivity index (χ3v) is 3.79. The molecule has 0 aliphatic carbocycles. The number of nitrogens with one attached hydrogen (secondary N) is 1. The van der Waals surface area contributed by atoms with Crippen LogP contribution in [0.5, 0.6) is 5.88 Å². The molecule has 0 aromatic carbocycles. The lowest BCUT2D eigenvalue weighted by atomic mass is 10.3. The number of aromatic nitrogens is 2. The van der Waals surface area contributed by atoms with Gasteiger partial charge in [0, 0.05) is 22.9 Å². The van der Waals surface area contributed by atoms with Gasteiger partial charge in [-0.1, -0.05) is 6.92 Å². The fourth-order valence-electron chi connectivity index (χ4n) is 1.61. The summed E-state index contributed by atoms with van der Waals surface area (Å²) < 4.78 is 6.88. The van der Waals surface area contributed by atoms with Crippen LogP contribution in [0.4, 0.5) is 5.82 Å². The van der Waals surface area contributed by atoms with Crippen molar-refractivity contribution in [1.82, 2.24) is 9.78 Å². The molecule has 0 bridgehead atoms. The molecule has 2 heterocycles.